The largest absolute Gasteiger partial charge is 0.360 e. The second-order valence-corrected chi connectivity index (χ2v) is 9.34. The minimum absolute atomic E-state index is 0.138. The number of amides is 2. The molecule has 1 saturated heterocycles. The van der Waals surface area contributed by atoms with Gasteiger partial charge < -0.3 is 10.2 Å². The fraction of sp³-hybridized carbons (Fsp3) is 0.185. The summed E-state index contributed by atoms with van der Waals surface area (Å²) in [5.74, 6) is -1.00. The fourth-order valence-corrected chi connectivity index (χ4v) is 6.39. The predicted molar refractivity (Wildman–Crippen MR) is 136 cm³/mol. The van der Waals surface area contributed by atoms with E-state index in [1.807, 2.05) is 91.9 Å². The number of nitrogens with one attached hydrogen (secondary N) is 1. The molecular formula is C27H22N4O2S. The molecule has 3 aromatic rings. The minimum Gasteiger partial charge on any atom is -0.360 e. The van der Waals surface area contributed by atoms with Gasteiger partial charge in [-0.1, -0.05) is 78.9 Å². The number of hydrogen-bond acceptors (Lipinski definition) is 4. The van der Waals surface area contributed by atoms with Gasteiger partial charge in [0.05, 0.1) is 16.4 Å². The SMILES string of the molecule is CC1=NN(c2ccccc2)C(=O)[C@]12C(=S)N[C@]1(C(=O)N(C)c3ccccc31)[C@@H]2c1ccccc1. The summed E-state index contributed by atoms with van der Waals surface area (Å²) in [5, 5.41) is 9.52. The van der Waals surface area contributed by atoms with Gasteiger partial charge in [0.15, 0.2) is 11.0 Å². The monoisotopic (exact) mass is 466 g/mol. The highest BCUT2D eigenvalue weighted by atomic mass is 32.1. The van der Waals surface area contributed by atoms with E-state index < -0.39 is 16.9 Å². The van der Waals surface area contributed by atoms with E-state index in [-0.39, 0.29) is 11.8 Å². The third-order valence-electron chi connectivity index (χ3n) is 7.35. The van der Waals surface area contributed by atoms with E-state index in [1.165, 1.54) is 5.01 Å². The van der Waals surface area contributed by atoms with Crippen LogP contribution in [-0.4, -0.2) is 29.6 Å². The quantitative estimate of drug-likeness (QED) is 0.581. The Balaban J connectivity index is 1.64. The number of likely N-dealkylation sites (N-methyl/N-ethyl adjacent to an activating group) is 1. The molecule has 34 heavy (non-hydrogen) atoms. The molecule has 3 aromatic carbocycles. The molecule has 3 atom stereocenters. The van der Waals surface area contributed by atoms with Crippen LogP contribution in [0.2, 0.25) is 0 Å². The number of carbonyl (C=O) groups excluding carboxylic acids is 2. The molecule has 1 N–H and O–H groups in total. The summed E-state index contributed by atoms with van der Waals surface area (Å²) in [6, 6.07) is 26.7. The molecule has 3 heterocycles. The summed E-state index contributed by atoms with van der Waals surface area (Å²) in [6.45, 7) is 1.83. The maximum atomic E-state index is 14.3. The van der Waals surface area contributed by atoms with Crippen molar-refractivity contribution < 1.29 is 9.59 Å². The zero-order valence-electron chi connectivity index (χ0n) is 18.7. The normalized spacial score (nSPS) is 27.5. The molecule has 0 unspecified atom stereocenters. The molecular weight excluding hydrogens is 444 g/mol. The molecule has 0 aromatic heterocycles. The molecule has 2 spiro atoms. The maximum Gasteiger partial charge on any atom is 0.267 e. The molecule has 0 saturated carbocycles. The van der Waals surface area contributed by atoms with Gasteiger partial charge in [0, 0.05) is 24.2 Å². The lowest BCUT2D eigenvalue weighted by atomic mass is 9.62. The average Bonchev–Trinajstić information content (AvgIpc) is 3.39. The van der Waals surface area contributed by atoms with Gasteiger partial charge in [0.25, 0.3) is 11.8 Å². The molecule has 3 aliphatic rings. The van der Waals surface area contributed by atoms with Crippen molar-refractivity contribution in [1.82, 2.24) is 5.32 Å². The van der Waals surface area contributed by atoms with Crippen LogP contribution >= 0.6 is 12.2 Å². The van der Waals surface area contributed by atoms with Gasteiger partial charge in [-0.05, 0) is 30.7 Å². The maximum absolute atomic E-state index is 14.3. The van der Waals surface area contributed by atoms with Crippen LogP contribution in [0, 0.1) is 5.41 Å². The Kier molecular flexibility index (Phi) is 4.32. The summed E-state index contributed by atoms with van der Waals surface area (Å²) in [7, 11) is 1.77. The number of thiocarbonyl (C=S) groups is 1. The number of rotatable bonds is 2. The van der Waals surface area contributed by atoms with Gasteiger partial charge >= 0.3 is 0 Å². The Labute approximate surface area is 202 Å². The number of benzene rings is 3. The summed E-state index contributed by atoms with van der Waals surface area (Å²) < 4.78 is 0. The van der Waals surface area contributed by atoms with Crippen LogP contribution in [-0.2, 0) is 15.1 Å². The van der Waals surface area contributed by atoms with Crippen LogP contribution in [0.25, 0.3) is 0 Å². The molecule has 3 aliphatic heterocycles. The Morgan fingerprint density at radius 3 is 2.21 bits per heavy atom. The summed E-state index contributed by atoms with van der Waals surface area (Å²) in [5.41, 5.74) is 1.20. The van der Waals surface area contributed by atoms with E-state index >= 15 is 0 Å². The van der Waals surface area contributed by atoms with Gasteiger partial charge in [0.1, 0.15) is 0 Å². The van der Waals surface area contributed by atoms with Gasteiger partial charge in [-0.3, -0.25) is 9.59 Å². The second kappa shape index (κ2) is 7.08. The summed E-state index contributed by atoms with van der Waals surface area (Å²) in [6.07, 6.45) is 0. The average molecular weight is 467 g/mol. The van der Waals surface area contributed by atoms with E-state index in [1.54, 1.807) is 11.9 Å². The molecule has 6 rings (SSSR count). The van der Waals surface area contributed by atoms with Crippen LogP contribution in [0.4, 0.5) is 11.4 Å². The molecule has 0 bridgehead atoms. The van der Waals surface area contributed by atoms with Crippen molar-refractivity contribution in [1.29, 1.82) is 0 Å². The summed E-state index contributed by atoms with van der Waals surface area (Å²) in [4.78, 5) is 30.4. The van der Waals surface area contributed by atoms with E-state index in [0.29, 0.717) is 16.4 Å². The number of hydrazone groups is 1. The third-order valence-corrected chi connectivity index (χ3v) is 7.78. The highest BCUT2D eigenvalue weighted by molar-refractivity contribution is 7.80. The fourth-order valence-electron chi connectivity index (χ4n) is 5.87. The summed E-state index contributed by atoms with van der Waals surface area (Å²) >= 11 is 5.94. The molecule has 0 radical (unpaired) electrons. The number of anilines is 2. The van der Waals surface area contributed by atoms with Crippen molar-refractivity contribution in [2.24, 2.45) is 10.5 Å². The number of para-hydroxylation sites is 2. The van der Waals surface area contributed by atoms with Crippen LogP contribution in [0.5, 0.6) is 0 Å². The van der Waals surface area contributed by atoms with Crippen LogP contribution in [0.3, 0.4) is 0 Å². The molecule has 2 amide bonds. The number of nitrogens with zero attached hydrogens (tertiary/aromatic N) is 3. The van der Waals surface area contributed by atoms with Crippen molar-refractivity contribution in [3.8, 4) is 0 Å². The van der Waals surface area contributed by atoms with Crippen molar-refractivity contribution in [3.63, 3.8) is 0 Å². The predicted octanol–water partition coefficient (Wildman–Crippen LogP) is 3.98. The first-order valence-electron chi connectivity index (χ1n) is 11.1. The molecule has 7 heteroatoms. The van der Waals surface area contributed by atoms with E-state index in [2.05, 4.69) is 5.32 Å². The standard InChI is InChI=1S/C27H22N4O2S/c1-17-26(24(32)31(29-17)19-13-7-4-8-14-19)22(18-11-5-3-6-12-18)27(28-23(26)34)20-15-9-10-16-21(20)30(2)25(27)33/h3-16,22H,1-2H3,(H,28,34)/t22-,26-,27+/m1/s1. The van der Waals surface area contributed by atoms with E-state index in [0.717, 1.165) is 16.8 Å². The lowest BCUT2D eigenvalue weighted by Crippen LogP contribution is -2.51. The van der Waals surface area contributed by atoms with Gasteiger partial charge in [-0.25, -0.2) is 0 Å². The Morgan fingerprint density at radius 1 is 0.882 bits per heavy atom. The van der Waals surface area contributed by atoms with Crippen LogP contribution in [0.1, 0.15) is 24.0 Å². The molecule has 0 aliphatic carbocycles. The van der Waals surface area contributed by atoms with Crippen molar-refractivity contribution >= 4 is 46.1 Å². The second-order valence-electron chi connectivity index (χ2n) is 8.93. The highest BCUT2D eigenvalue weighted by Crippen LogP contribution is 2.61. The number of carbonyl (C=O) groups is 2. The minimum atomic E-state index is -1.29. The van der Waals surface area contributed by atoms with Crippen LogP contribution < -0.4 is 15.2 Å². The van der Waals surface area contributed by atoms with Crippen molar-refractivity contribution in [3.05, 3.63) is 96.1 Å². The lowest BCUT2D eigenvalue weighted by Gasteiger charge is -2.36. The van der Waals surface area contributed by atoms with E-state index in [4.69, 9.17) is 17.3 Å². The zero-order chi connectivity index (χ0) is 23.7. The lowest BCUT2D eigenvalue weighted by molar-refractivity contribution is -0.126. The van der Waals surface area contributed by atoms with E-state index in [9.17, 15) is 9.59 Å². The van der Waals surface area contributed by atoms with Gasteiger partial charge in [-0.2, -0.15) is 10.1 Å². The smallest absolute Gasteiger partial charge is 0.267 e. The Bertz CT molecular complexity index is 1390. The topological polar surface area (TPSA) is 65.0 Å². The van der Waals surface area contributed by atoms with Crippen LogP contribution in [0.15, 0.2) is 90.0 Å². The number of fused-ring (bicyclic) bond motifs is 2. The first-order valence-corrected chi connectivity index (χ1v) is 11.6. The first kappa shape index (κ1) is 20.7. The van der Waals surface area contributed by atoms with Crippen molar-refractivity contribution in [2.75, 3.05) is 17.0 Å². The Hall–Kier alpha value is -3.84. The van der Waals surface area contributed by atoms with Gasteiger partial charge in [-0.15, -0.1) is 0 Å². The highest BCUT2D eigenvalue weighted by Gasteiger charge is 2.74. The Morgan fingerprint density at radius 2 is 1.50 bits per heavy atom. The zero-order valence-corrected chi connectivity index (χ0v) is 19.5. The number of hydrogen-bond donors (Lipinski definition) is 1. The van der Waals surface area contributed by atoms with Gasteiger partial charge in [0.2, 0.25) is 0 Å². The molecule has 168 valence electrons. The third kappa shape index (κ3) is 2.34. The molecule has 6 nitrogen and oxygen atoms in total. The first-order chi connectivity index (χ1) is 16.4. The molecule has 1 fully saturated rings. The van der Waals surface area contributed by atoms with Crippen molar-refractivity contribution in [2.45, 2.75) is 18.4 Å².